The van der Waals surface area contributed by atoms with Gasteiger partial charge in [-0.1, -0.05) is 0 Å². The van der Waals surface area contributed by atoms with Crippen LogP contribution in [0.3, 0.4) is 0 Å². The van der Waals surface area contributed by atoms with Gasteiger partial charge in [0.25, 0.3) is 0 Å². The van der Waals surface area contributed by atoms with Gasteiger partial charge in [-0.15, -0.1) is 0 Å². The highest BCUT2D eigenvalue weighted by molar-refractivity contribution is 7.11. The monoisotopic (exact) mass is 235 g/mol. The van der Waals surface area contributed by atoms with Crippen LogP contribution < -0.4 is 9.44 Å². The summed E-state index contributed by atoms with van der Waals surface area (Å²) in [5.74, 6) is 0.535. The van der Waals surface area contributed by atoms with Crippen LogP contribution in [0.1, 0.15) is 20.8 Å². The summed E-state index contributed by atoms with van der Waals surface area (Å²) in [6.45, 7) is 3.99. The van der Waals surface area contributed by atoms with E-state index in [4.69, 9.17) is 0 Å². The molecule has 0 amide bonds. The fourth-order valence-electron chi connectivity index (χ4n) is 1.42. The van der Waals surface area contributed by atoms with Gasteiger partial charge in [-0.25, -0.2) is 9.36 Å². The summed E-state index contributed by atoms with van der Waals surface area (Å²) in [6.07, 6.45) is 4.41. The number of nitrogens with zero attached hydrogens (tertiary/aromatic N) is 1. The second-order valence-electron chi connectivity index (χ2n) is 3.56. The van der Waals surface area contributed by atoms with E-state index in [9.17, 15) is 9.59 Å². The molecular formula is C11H11N2O2S+. The highest BCUT2D eigenvalue weighted by Crippen LogP contribution is 2.07. The van der Waals surface area contributed by atoms with Gasteiger partial charge in [0, 0.05) is 0 Å². The lowest BCUT2D eigenvalue weighted by atomic mass is 10.2. The molecule has 0 radical (unpaired) electrons. The van der Waals surface area contributed by atoms with Crippen molar-refractivity contribution < 1.29 is 9.36 Å². The zero-order valence-corrected chi connectivity index (χ0v) is 9.80. The Morgan fingerprint density at radius 3 is 2.75 bits per heavy atom. The number of carbonyl (C=O) groups is 1. The Morgan fingerprint density at radius 1 is 1.38 bits per heavy atom. The number of aromatic nitrogens is 2. The van der Waals surface area contributed by atoms with E-state index >= 15 is 0 Å². The molecular weight excluding hydrogens is 224 g/mol. The third-order valence-corrected chi connectivity index (χ3v) is 3.26. The zero-order chi connectivity index (χ0) is 11.7. The lowest BCUT2D eigenvalue weighted by Gasteiger charge is -2.00. The number of rotatable bonds is 2. The Morgan fingerprint density at radius 2 is 2.12 bits per heavy atom. The molecule has 82 valence electrons. The molecule has 4 nitrogen and oxygen atoms in total. The van der Waals surface area contributed by atoms with Crippen molar-refractivity contribution in [1.29, 1.82) is 0 Å². The molecule has 2 aromatic rings. The van der Waals surface area contributed by atoms with Crippen molar-refractivity contribution in [2.45, 2.75) is 13.8 Å². The van der Waals surface area contributed by atoms with Crippen molar-refractivity contribution in [2.75, 3.05) is 0 Å². The zero-order valence-electron chi connectivity index (χ0n) is 8.98. The van der Waals surface area contributed by atoms with Crippen LogP contribution in [0, 0.1) is 13.8 Å². The van der Waals surface area contributed by atoms with Gasteiger partial charge in [-0.3, -0.25) is 4.79 Å². The molecule has 0 aliphatic rings. The molecule has 2 aromatic heterocycles. The van der Waals surface area contributed by atoms with Gasteiger partial charge in [0.2, 0.25) is 0 Å². The maximum atomic E-state index is 11.2. The minimum absolute atomic E-state index is 0.220. The molecule has 0 atom stereocenters. The predicted molar refractivity (Wildman–Crippen MR) is 61.3 cm³/mol. The minimum atomic E-state index is -0.220. The summed E-state index contributed by atoms with van der Waals surface area (Å²) in [7, 11) is 0. The fourth-order valence-corrected chi connectivity index (χ4v) is 2.07. The van der Waals surface area contributed by atoms with Crippen molar-refractivity contribution in [3.8, 4) is 5.82 Å². The van der Waals surface area contributed by atoms with Gasteiger partial charge >= 0.3 is 10.7 Å². The van der Waals surface area contributed by atoms with E-state index in [0.29, 0.717) is 17.0 Å². The molecule has 16 heavy (non-hydrogen) atoms. The number of aryl methyl sites for hydroxylation is 2. The largest absolute Gasteiger partial charge is 0.390 e. The molecule has 2 heterocycles. The number of H-pyrrole nitrogens is 1. The van der Waals surface area contributed by atoms with Crippen LogP contribution in [0.25, 0.3) is 5.82 Å². The van der Waals surface area contributed by atoms with E-state index < -0.39 is 0 Å². The molecule has 0 aliphatic heterocycles. The normalized spacial score (nSPS) is 10.4. The Kier molecular flexibility index (Phi) is 2.70. The third kappa shape index (κ3) is 1.81. The van der Waals surface area contributed by atoms with Gasteiger partial charge in [-0.2, -0.15) is 4.98 Å². The predicted octanol–water partition coefficient (Wildman–Crippen LogP) is 1.14. The molecule has 0 spiro atoms. The maximum Gasteiger partial charge on any atom is 0.390 e. The first kappa shape index (κ1) is 10.8. The first-order chi connectivity index (χ1) is 7.61. The molecule has 0 saturated heterocycles. The number of thiazole rings is 1. The van der Waals surface area contributed by atoms with Gasteiger partial charge < -0.3 is 0 Å². The molecule has 2 rings (SSSR count). The quantitative estimate of drug-likeness (QED) is 0.627. The van der Waals surface area contributed by atoms with Gasteiger partial charge in [0.15, 0.2) is 11.2 Å². The second-order valence-corrected chi connectivity index (χ2v) is 4.58. The molecule has 5 heteroatoms. The van der Waals surface area contributed by atoms with Crippen molar-refractivity contribution in [3.05, 3.63) is 44.1 Å². The van der Waals surface area contributed by atoms with Crippen LogP contribution in [0.2, 0.25) is 0 Å². The summed E-state index contributed by atoms with van der Waals surface area (Å²) >= 11 is 0.919. The van der Waals surface area contributed by atoms with E-state index in [2.05, 4.69) is 4.98 Å². The number of nitrogens with one attached hydrogen (secondary N) is 1. The first-order valence-electron chi connectivity index (χ1n) is 4.79. The lowest BCUT2D eigenvalue weighted by Crippen LogP contribution is -2.32. The van der Waals surface area contributed by atoms with E-state index in [0.717, 1.165) is 16.9 Å². The Labute approximate surface area is 96.2 Å². The fraction of sp³-hybridized carbons (Fsp3) is 0.182. The van der Waals surface area contributed by atoms with Crippen molar-refractivity contribution in [3.63, 3.8) is 0 Å². The average Bonchev–Trinajstić information content (AvgIpc) is 2.63. The van der Waals surface area contributed by atoms with E-state index in [1.54, 1.807) is 4.57 Å². The van der Waals surface area contributed by atoms with E-state index in [1.807, 2.05) is 32.3 Å². The van der Waals surface area contributed by atoms with Gasteiger partial charge in [0.1, 0.15) is 0 Å². The summed E-state index contributed by atoms with van der Waals surface area (Å²) in [6, 6.07) is 1.94. The number of hydrogen-bond acceptors (Lipinski definition) is 3. The lowest BCUT2D eigenvalue weighted by molar-refractivity contribution is -0.599. The number of hydrogen-bond donors (Lipinski definition) is 1. The van der Waals surface area contributed by atoms with Crippen LogP contribution >= 0.6 is 11.3 Å². The topological polar surface area (TPSA) is 53.8 Å². The highest BCUT2D eigenvalue weighted by Gasteiger charge is 2.16. The van der Waals surface area contributed by atoms with E-state index in [-0.39, 0.29) is 4.87 Å². The number of carbonyl (C=O) groups excluding carboxylic acids is 1. The number of aldehydes is 1. The summed E-state index contributed by atoms with van der Waals surface area (Å²) in [4.78, 5) is 24.8. The van der Waals surface area contributed by atoms with Gasteiger partial charge in [-0.05, 0) is 42.4 Å². The smallest absolute Gasteiger partial charge is 0.297 e. The highest BCUT2D eigenvalue weighted by atomic mass is 32.1. The second kappa shape index (κ2) is 4.02. The van der Waals surface area contributed by atoms with Crippen LogP contribution in [-0.4, -0.2) is 11.3 Å². The molecule has 0 aliphatic carbocycles. The van der Waals surface area contributed by atoms with Crippen LogP contribution in [0.5, 0.6) is 0 Å². The molecule has 0 fully saturated rings. The Bertz CT molecular complexity index is 598. The molecule has 0 aromatic carbocycles. The maximum absolute atomic E-state index is 11.2. The number of aromatic amines is 1. The summed E-state index contributed by atoms with van der Waals surface area (Å²) in [5.41, 5.74) is 2.27. The van der Waals surface area contributed by atoms with E-state index in [1.165, 1.54) is 5.56 Å². The third-order valence-electron chi connectivity index (χ3n) is 2.46. The Balaban J connectivity index is 2.62. The Hall–Kier alpha value is -1.75. The average molecular weight is 235 g/mol. The van der Waals surface area contributed by atoms with Crippen molar-refractivity contribution in [2.24, 2.45) is 0 Å². The molecule has 0 unspecified atom stereocenters. The summed E-state index contributed by atoms with van der Waals surface area (Å²) < 4.78 is 1.75. The van der Waals surface area contributed by atoms with Crippen LogP contribution in [0.4, 0.5) is 0 Å². The molecule has 1 N–H and O–H groups in total. The van der Waals surface area contributed by atoms with Crippen LogP contribution in [0.15, 0.2) is 23.3 Å². The van der Waals surface area contributed by atoms with Crippen LogP contribution in [-0.2, 0) is 0 Å². The van der Waals surface area contributed by atoms with Gasteiger partial charge in [0.05, 0.1) is 12.4 Å². The SMILES string of the molecule is Cc1cc[n+](-c2[nH]c(=O)sc2C=O)cc1C. The molecule has 0 saturated carbocycles. The molecule has 0 bridgehead atoms. The van der Waals surface area contributed by atoms with Crippen molar-refractivity contribution in [1.82, 2.24) is 4.98 Å². The number of pyridine rings is 1. The first-order valence-corrected chi connectivity index (χ1v) is 5.60. The standard InChI is InChI=1S/C11H10N2O2S/c1-7-3-4-13(5-8(7)2)10-9(6-14)16-11(15)12-10/h3-6H,1-2H3/p+1. The van der Waals surface area contributed by atoms with Crippen molar-refractivity contribution >= 4 is 17.6 Å². The summed E-state index contributed by atoms with van der Waals surface area (Å²) in [5, 5.41) is 0. The minimum Gasteiger partial charge on any atom is -0.297 e.